The number of hydrogen-bond acceptors (Lipinski definition) is 2. The molecule has 0 saturated heterocycles. The molecule has 2 nitrogen and oxygen atoms in total. The van der Waals surface area contributed by atoms with Crippen molar-refractivity contribution in [2.75, 3.05) is 4.90 Å². The largest absolute Gasteiger partial charge is 0.456 e. The quantitative estimate of drug-likeness (QED) is 0.0896. The van der Waals surface area contributed by atoms with Gasteiger partial charge in [-0.1, -0.05) is 273 Å². The lowest BCUT2D eigenvalue weighted by Crippen LogP contribution is -2.52. The second-order valence-corrected chi connectivity index (χ2v) is 32.2. The Morgan fingerprint density at radius 3 is 1.55 bits per heavy atom. The molecule has 380 valence electrons. The number of nitrogens with zero attached hydrogens (tertiary/aromatic N) is 1. The highest BCUT2D eigenvalue weighted by Gasteiger charge is 2.36. The van der Waals surface area contributed by atoms with Gasteiger partial charge in [0.15, 0.2) is 0 Å². The van der Waals surface area contributed by atoms with E-state index in [9.17, 15) is 0 Å². The highest BCUT2D eigenvalue weighted by Crippen LogP contribution is 2.51. The van der Waals surface area contributed by atoms with Crippen LogP contribution in [0.5, 0.6) is 0 Å². The van der Waals surface area contributed by atoms with E-state index in [-0.39, 0.29) is 11.3 Å². The molecule has 0 bridgehead atoms. The average Bonchev–Trinajstić information content (AvgIpc) is 4.06. The molecule has 0 aliphatic heterocycles. The number of benzene rings is 11. The number of aryl methyl sites for hydroxylation is 1. The van der Waals surface area contributed by atoms with Gasteiger partial charge in [-0.3, -0.25) is 0 Å². The third-order valence-electron chi connectivity index (χ3n) is 17.4. The standard InChI is InChI=1S/C74H65NOSi2/c1-74(2)46-45-66-68(75(60-28-20-26-55(48-60)52-23-13-8-14-24-52)59-37-41-64(42-38-59)78(5,6)62-31-17-10-18-32-62)44-36-57-49-67-65-43-35-58(50-69(65)76-73(67)72(74)71(57)66)70(56-27-19-25-54(47-56)51-21-11-7-12-22-51)53-33-39-63(40-34-53)77(3,4)61-29-15-9-16-30-61/h7-44,47-50,70H,45-46H2,1-6H3. The van der Waals surface area contributed by atoms with Gasteiger partial charge >= 0.3 is 0 Å². The molecule has 12 aromatic rings. The van der Waals surface area contributed by atoms with E-state index in [4.69, 9.17) is 4.42 Å². The molecule has 1 aliphatic carbocycles. The zero-order valence-corrected chi connectivity index (χ0v) is 47.6. The van der Waals surface area contributed by atoms with Gasteiger partial charge < -0.3 is 9.32 Å². The summed E-state index contributed by atoms with van der Waals surface area (Å²) in [7, 11) is -3.86. The summed E-state index contributed by atoms with van der Waals surface area (Å²) in [5, 5.41) is 10.7. The van der Waals surface area contributed by atoms with Crippen molar-refractivity contribution >= 4 is 86.7 Å². The van der Waals surface area contributed by atoms with Crippen molar-refractivity contribution in [3.63, 3.8) is 0 Å². The van der Waals surface area contributed by atoms with E-state index < -0.39 is 16.1 Å². The van der Waals surface area contributed by atoms with E-state index in [0.29, 0.717) is 0 Å². The molecule has 0 amide bonds. The van der Waals surface area contributed by atoms with Crippen LogP contribution in [-0.4, -0.2) is 16.1 Å². The summed E-state index contributed by atoms with van der Waals surface area (Å²) < 4.78 is 7.39. The summed E-state index contributed by atoms with van der Waals surface area (Å²) in [6, 6.07) is 95.2. The molecule has 1 aliphatic rings. The number of fused-ring (bicyclic) bond motifs is 4. The van der Waals surface area contributed by atoms with Gasteiger partial charge in [0.05, 0.1) is 0 Å². The van der Waals surface area contributed by atoms with Crippen LogP contribution in [0.2, 0.25) is 26.2 Å². The van der Waals surface area contributed by atoms with E-state index >= 15 is 0 Å². The Morgan fingerprint density at radius 1 is 0.423 bits per heavy atom. The van der Waals surface area contributed by atoms with Gasteiger partial charge in [0, 0.05) is 39.3 Å². The molecule has 0 radical (unpaired) electrons. The molecule has 1 aromatic heterocycles. The Hall–Kier alpha value is -8.29. The number of hydrogen-bond donors (Lipinski definition) is 0. The number of rotatable bonds is 12. The Labute approximate surface area is 462 Å². The summed E-state index contributed by atoms with van der Waals surface area (Å²) in [4.78, 5) is 2.52. The Morgan fingerprint density at radius 2 is 0.936 bits per heavy atom. The molecular weight excluding hydrogens is 975 g/mol. The first kappa shape index (κ1) is 49.3. The van der Waals surface area contributed by atoms with Crippen molar-refractivity contribution in [2.24, 2.45) is 0 Å². The molecule has 0 fully saturated rings. The van der Waals surface area contributed by atoms with Gasteiger partial charge in [-0.15, -0.1) is 0 Å². The van der Waals surface area contributed by atoms with Crippen LogP contribution in [0, 0.1) is 0 Å². The molecule has 0 spiro atoms. The lowest BCUT2D eigenvalue weighted by atomic mass is 9.71. The van der Waals surface area contributed by atoms with Crippen LogP contribution in [0.25, 0.3) is 55.0 Å². The summed E-state index contributed by atoms with van der Waals surface area (Å²) in [5.74, 6) is -0.0166. The molecule has 78 heavy (non-hydrogen) atoms. The van der Waals surface area contributed by atoms with Crippen LogP contribution in [0.3, 0.4) is 0 Å². The second kappa shape index (κ2) is 19.6. The topological polar surface area (TPSA) is 16.4 Å². The maximum absolute atomic E-state index is 7.39. The molecule has 0 saturated carbocycles. The summed E-state index contributed by atoms with van der Waals surface area (Å²) >= 11 is 0. The van der Waals surface area contributed by atoms with Crippen LogP contribution in [0.4, 0.5) is 17.1 Å². The molecule has 4 heteroatoms. The predicted molar refractivity (Wildman–Crippen MR) is 338 cm³/mol. The molecule has 0 N–H and O–H groups in total. The van der Waals surface area contributed by atoms with Crippen molar-refractivity contribution in [1.82, 2.24) is 0 Å². The fourth-order valence-corrected chi connectivity index (χ4v) is 17.5. The van der Waals surface area contributed by atoms with Gasteiger partial charge in [-0.05, 0) is 116 Å². The highest BCUT2D eigenvalue weighted by atomic mass is 28.3. The summed E-state index contributed by atoms with van der Waals surface area (Å²) in [6.45, 7) is 14.7. The van der Waals surface area contributed by atoms with Gasteiger partial charge in [-0.25, -0.2) is 0 Å². The summed E-state index contributed by atoms with van der Waals surface area (Å²) in [5.41, 5.74) is 16.6. The third-order valence-corrected chi connectivity index (χ3v) is 24.6. The van der Waals surface area contributed by atoms with Crippen LogP contribution in [0.1, 0.15) is 54.0 Å². The van der Waals surface area contributed by atoms with Crippen LogP contribution in [-0.2, 0) is 11.8 Å². The summed E-state index contributed by atoms with van der Waals surface area (Å²) in [6.07, 6.45) is 1.96. The van der Waals surface area contributed by atoms with Crippen LogP contribution in [0.15, 0.2) is 259 Å². The van der Waals surface area contributed by atoms with Crippen molar-refractivity contribution < 1.29 is 4.42 Å². The lowest BCUT2D eigenvalue weighted by Gasteiger charge is -2.36. The average molecular weight is 1040 g/mol. The second-order valence-electron chi connectivity index (χ2n) is 23.4. The lowest BCUT2D eigenvalue weighted by molar-refractivity contribution is 0.471. The van der Waals surface area contributed by atoms with Gasteiger partial charge in [-0.2, -0.15) is 0 Å². The van der Waals surface area contributed by atoms with Gasteiger partial charge in [0.25, 0.3) is 0 Å². The Bertz CT molecular complexity index is 4140. The van der Waals surface area contributed by atoms with Crippen molar-refractivity contribution in [3.8, 4) is 22.3 Å². The van der Waals surface area contributed by atoms with Gasteiger partial charge in [0.1, 0.15) is 27.3 Å². The van der Waals surface area contributed by atoms with E-state index in [0.717, 1.165) is 40.8 Å². The highest BCUT2D eigenvalue weighted by molar-refractivity contribution is 7.01. The first-order chi connectivity index (χ1) is 37.9. The smallest absolute Gasteiger partial charge is 0.139 e. The fourth-order valence-electron chi connectivity index (χ4n) is 12.8. The zero-order valence-electron chi connectivity index (χ0n) is 45.6. The number of anilines is 3. The van der Waals surface area contributed by atoms with E-state index in [2.05, 4.69) is 300 Å². The SMILES string of the molecule is CC1(C)CCc2c(N(c3ccc([Si](C)(C)c4ccccc4)cc3)c3cccc(-c4ccccc4)c3)ccc3cc4c(oc5cc(C(c6ccc([Si](C)(C)c7ccccc7)cc6)c6cccc(-c7ccccc7)c6)ccc54)c1c23. The van der Waals surface area contributed by atoms with Crippen molar-refractivity contribution in [1.29, 1.82) is 0 Å². The van der Waals surface area contributed by atoms with Crippen molar-refractivity contribution in [3.05, 3.63) is 283 Å². The first-order valence-corrected chi connectivity index (χ1v) is 33.8. The molecular formula is C74H65NOSi2. The third kappa shape index (κ3) is 8.74. The molecule has 1 atom stereocenters. The predicted octanol–water partition coefficient (Wildman–Crippen LogP) is 17.6. The molecule has 11 aromatic carbocycles. The molecule has 1 unspecified atom stereocenters. The first-order valence-electron chi connectivity index (χ1n) is 27.8. The maximum atomic E-state index is 7.39. The van der Waals surface area contributed by atoms with Gasteiger partial charge in [0.2, 0.25) is 0 Å². The maximum Gasteiger partial charge on any atom is 0.139 e. The molecule has 1 heterocycles. The Balaban J connectivity index is 0.962. The zero-order chi connectivity index (χ0) is 53.2. The van der Waals surface area contributed by atoms with E-state index in [1.165, 1.54) is 92.7 Å². The normalized spacial score (nSPS) is 13.7. The van der Waals surface area contributed by atoms with Crippen LogP contribution < -0.4 is 25.6 Å². The number of furan rings is 1. The molecule has 13 rings (SSSR count). The van der Waals surface area contributed by atoms with E-state index in [1.54, 1.807) is 0 Å². The Kier molecular flexibility index (Phi) is 12.4. The van der Waals surface area contributed by atoms with E-state index in [1.807, 2.05) is 0 Å². The minimum atomic E-state index is -1.94. The minimum Gasteiger partial charge on any atom is -0.456 e. The minimum absolute atomic E-state index is 0.0166. The van der Waals surface area contributed by atoms with Crippen LogP contribution >= 0.6 is 0 Å². The monoisotopic (exact) mass is 1040 g/mol. The van der Waals surface area contributed by atoms with Crippen molar-refractivity contribution in [2.45, 2.75) is 64.2 Å². The fraction of sp³-hybridized carbons (Fsp3) is 0.135.